The van der Waals surface area contributed by atoms with Gasteiger partial charge in [0.25, 0.3) is 0 Å². The van der Waals surface area contributed by atoms with Gasteiger partial charge in [0, 0.05) is 12.1 Å². The molecular formula is C80H100N6Zr. The van der Waals surface area contributed by atoms with E-state index in [-0.39, 0.29) is 41.1 Å². The van der Waals surface area contributed by atoms with Crippen LogP contribution in [-0.4, -0.2) is 34.6 Å². The molecule has 3 aromatic heterocycles. The molecule has 454 valence electrons. The number of aromatic nitrogens is 3. The van der Waals surface area contributed by atoms with Gasteiger partial charge in [0.1, 0.15) is 5.82 Å². The average Bonchev–Trinajstić information content (AvgIpc) is 1.24. The number of nitrogens with one attached hydrogen (secondary N) is 1. The molecule has 0 aliphatic rings. The molecule has 87 heavy (non-hydrogen) atoms. The van der Waals surface area contributed by atoms with E-state index in [2.05, 4.69) is 260 Å². The minimum atomic E-state index is 0. The van der Waals surface area contributed by atoms with Crippen LogP contribution in [0.5, 0.6) is 0 Å². The van der Waals surface area contributed by atoms with Gasteiger partial charge >= 0.3 is 26.2 Å². The molecule has 6 aromatic carbocycles. The van der Waals surface area contributed by atoms with E-state index in [1.54, 1.807) is 0 Å². The van der Waals surface area contributed by atoms with Crippen molar-refractivity contribution < 1.29 is 26.2 Å². The van der Waals surface area contributed by atoms with Crippen LogP contribution in [0.3, 0.4) is 0 Å². The molecule has 6 nitrogen and oxygen atoms in total. The summed E-state index contributed by atoms with van der Waals surface area (Å²) in [5.41, 5.74) is 37.5. The minimum Gasteiger partial charge on any atom is -0.466 e. The fourth-order valence-electron chi connectivity index (χ4n) is 13.0. The van der Waals surface area contributed by atoms with Crippen molar-refractivity contribution in [2.75, 3.05) is 25.0 Å². The molecule has 3 heterocycles. The zero-order chi connectivity index (χ0) is 61.3. The molecule has 0 fully saturated rings. The number of pyridine rings is 3. The summed E-state index contributed by atoms with van der Waals surface area (Å²) in [4.78, 5) is 14.8. The van der Waals surface area contributed by atoms with Crippen LogP contribution < -0.4 is 5.32 Å². The van der Waals surface area contributed by atoms with Crippen LogP contribution in [0.4, 0.5) is 17.5 Å². The number of anilines is 1. The topological polar surface area (TPSA) is 78.9 Å². The SMILES string of the molecule is CCCNc1cc(-c2c(C)cc(C)cc2C)cc(-c2c(C)cc(C)cc2C)n1.CCC[N-]c1cc(-c2c(C)cc(C)cc2C)cc(-c2c(C)cc(C)cc2C)n1.CCC[N-]c1cc(-c2c(C)cc(C)cc2C)cc(-c2c(C)cc(C)cc2C)n1.[CH3-].[CH3-].[Zr+4]. The van der Waals surface area contributed by atoms with Gasteiger partial charge in [0.15, 0.2) is 0 Å². The van der Waals surface area contributed by atoms with Gasteiger partial charge in [0.2, 0.25) is 0 Å². The molecule has 0 atom stereocenters. The van der Waals surface area contributed by atoms with Crippen molar-refractivity contribution in [1.29, 1.82) is 0 Å². The molecule has 0 spiro atoms. The summed E-state index contributed by atoms with van der Waals surface area (Å²) < 4.78 is 0. The summed E-state index contributed by atoms with van der Waals surface area (Å²) in [5.74, 6) is 2.61. The number of hydrogen-bond donors (Lipinski definition) is 1. The van der Waals surface area contributed by atoms with Crippen molar-refractivity contribution in [2.24, 2.45) is 0 Å². The van der Waals surface area contributed by atoms with Crippen molar-refractivity contribution >= 4 is 17.5 Å². The third kappa shape index (κ3) is 18.1. The summed E-state index contributed by atoms with van der Waals surface area (Å²) >= 11 is 0. The Morgan fingerprint density at radius 3 is 0.759 bits per heavy atom. The Balaban J connectivity index is 0.000000275. The largest absolute Gasteiger partial charge is 4.00 e. The first kappa shape index (κ1) is 72.5. The predicted molar refractivity (Wildman–Crippen MR) is 379 cm³/mol. The fourth-order valence-corrected chi connectivity index (χ4v) is 13.0. The summed E-state index contributed by atoms with van der Waals surface area (Å²) in [6.07, 6.45) is 3.12. The Kier molecular flexibility index (Phi) is 27.0. The Labute approximate surface area is 546 Å². The maximum Gasteiger partial charge on any atom is 4.00 e. The Morgan fingerprint density at radius 2 is 0.517 bits per heavy atom. The fraction of sp³-hybridized carbons (Fsp3) is 0.338. The summed E-state index contributed by atoms with van der Waals surface area (Å²) in [7, 11) is 0. The van der Waals surface area contributed by atoms with Gasteiger partial charge in [0.05, 0.1) is 5.69 Å². The van der Waals surface area contributed by atoms with Crippen molar-refractivity contribution in [3.8, 4) is 67.2 Å². The van der Waals surface area contributed by atoms with E-state index < -0.39 is 0 Å². The third-order valence-corrected chi connectivity index (χ3v) is 15.7. The van der Waals surface area contributed by atoms with Gasteiger partial charge in [-0.05, 0) is 266 Å². The monoisotopic (exact) mass is 1230 g/mol. The van der Waals surface area contributed by atoms with Crippen LogP contribution in [0.1, 0.15) is 140 Å². The minimum absolute atomic E-state index is 0. The van der Waals surface area contributed by atoms with E-state index in [4.69, 9.17) is 25.6 Å². The quantitative estimate of drug-likeness (QED) is 0.104. The smallest absolute Gasteiger partial charge is 0.466 e. The first-order chi connectivity index (χ1) is 39.9. The summed E-state index contributed by atoms with van der Waals surface area (Å²) in [6.45, 7) is 48.2. The Bertz CT molecular complexity index is 3080. The van der Waals surface area contributed by atoms with E-state index in [0.717, 1.165) is 73.4 Å². The van der Waals surface area contributed by atoms with Gasteiger partial charge in [-0.25, -0.2) is 4.98 Å². The van der Waals surface area contributed by atoms with Crippen LogP contribution in [0, 0.1) is 139 Å². The second-order valence-corrected chi connectivity index (χ2v) is 24.2. The van der Waals surface area contributed by atoms with Crippen LogP contribution in [0.25, 0.3) is 77.8 Å². The Hall–Kier alpha value is -6.95. The van der Waals surface area contributed by atoms with E-state index >= 15 is 0 Å². The molecule has 0 radical (unpaired) electrons. The van der Waals surface area contributed by atoms with Crippen molar-refractivity contribution in [3.63, 3.8) is 0 Å². The maximum absolute atomic E-state index is 4.98. The number of rotatable bonds is 15. The van der Waals surface area contributed by atoms with Crippen LogP contribution in [0.15, 0.2) is 109 Å². The zero-order valence-electron chi connectivity index (χ0n) is 57.4. The van der Waals surface area contributed by atoms with Crippen molar-refractivity contribution in [3.05, 3.63) is 235 Å². The number of aryl methyl sites for hydroxylation is 18. The number of nitrogens with zero attached hydrogens (tertiary/aromatic N) is 5. The molecule has 0 amide bonds. The summed E-state index contributed by atoms with van der Waals surface area (Å²) in [6, 6.07) is 40.2. The molecule has 9 rings (SSSR count). The normalized spacial score (nSPS) is 10.6. The van der Waals surface area contributed by atoms with Gasteiger partial charge in [-0.1, -0.05) is 189 Å². The molecular weight excluding hydrogens is 1140 g/mol. The maximum atomic E-state index is 4.98. The molecule has 0 bridgehead atoms. The van der Waals surface area contributed by atoms with E-state index in [1.165, 1.54) is 150 Å². The molecule has 1 N–H and O–H groups in total. The zero-order valence-corrected chi connectivity index (χ0v) is 59.8. The molecule has 9 aromatic rings. The van der Waals surface area contributed by atoms with E-state index in [9.17, 15) is 0 Å². The predicted octanol–water partition coefficient (Wildman–Crippen LogP) is 23.3. The second-order valence-electron chi connectivity index (χ2n) is 24.2. The molecule has 7 heteroatoms. The van der Waals surface area contributed by atoms with E-state index in [0.29, 0.717) is 0 Å². The molecule has 0 saturated heterocycles. The number of hydrogen-bond acceptors (Lipinski definition) is 4. The number of benzene rings is 6. The third-order valence-electron chi connectivity index (χ3n) is 15.7. The first-order valence-corrected chi connectivity index (χ1v) is 30.5. The van der Waals surface area contributed by atoms with E-state index in [1.807, 2.05) is 0 Å². The molecule has 0 saturated carbocycles. The average molecular weight is 1240 g/mol. The van der Waals surface area contributed by atoms with Crippen LogP contribution >= 0.6 is 0 Å². The Morgan fingerprint density at radius 1 is 0.287 bits per heavy atom. The van der Waals surface area contributed by atoms with Crippen LogP contribution in [0.2, 0.25) is 0 Å². The molecule has 0 unspecified atom stereocenters. The molecule has 0 aliphatic carbocycles. The standard InChI is InChI=1S/C26H32N2.2C26H31N2.2CH3.Zr/c3*1-8-9-27-24-15-22(25-18(4)10-16(2)11-19(25)5)14-23(28-24)26-20(6)12-17(3)13-21(26)7;;;/h10-15H,8-9H2,1-7H3,(H,27,28);2*10-15H,8-9H2,1-7H3;2*1H3;/q;4*-1;+4. The van der Waals surface area contributed by atoms with Crippen molar-refractivity contribution in [1.82, 2.24) is 15.0 Å². The van der Waals surface area contributed by atoms with Crippen LogP contribution in [-0.2, 0) is 26.2 Å². The van der Waals surface area contributed by atoms with Crippen molar-refractivity contribution in [2.45, 2.75) is 165 Å². The van der Waals surface area contributed by atoms with Gasteiger partial charge in [-0.2, -0.15) is 0 Å². The van der Waals surface area contributed by atoms with Gasteiger partial charge in [-0.15, -0.1) is 0 Å². The van der Waals surface area contributed by atoms with Gasteiger partial charge in [-0.3, -0.25) is 0 Å². The van der Waals surface area contributed by atoms with Gasteiger partial charge < -0.3 is 40.8 Å². The second kappa shape index (κ2) is 32.3. The first-order valence-electron chi connectivity index (χ1n) is 30.5. The summed E-state index contributed by atoms with van der Waals surface area (Å²) in [5, 5.41) is 13.0. The molecule has 0 aliphatic heterocycles.